The molecule has 4 aliphatic rings. The van der Waals surface area contributed by atoms with Crippen molar-refractivity contribution in [2.45, 2.75) is 94.2 Å². The fraction of sp³-hybridized carbons (Fsp3) is 0.583. The van der Waals surface area contributed by atoms with Crippen molar-refractivity contribution in [3.63, 3.8) is 0 Å². The summed E-state index contributed by atoms with van der Waals surface area (Å²) in [5, 5.41) is 16.3. The number of hydrogen-bond acceptors (Lipinski definition) is 9. The van der Waals surface area contributed by atoms with Crippen molar-refractivity contribution in [1.82, 2.24) is 25.2 Å². The number of carbonyl (C=O) groups excluding carboxylic acids is 3. The van der Waals surface area contributed by atoms with Crippen LogP contribution in [0, 0.1) is 17.8 Å². The van der Waals surface area contributed by atoms with Crippen molar-refractivity contribution in [2.24, 2.45) is 17.8 Å². The molecule has 52 heavy (non-hydrogen) atoms. The Labute approximate surface area is 301 Å². The molecular formula is C36H46FN5O9S. The zero-order valence-corrected chi connectivity index (χ0v) is 30.3. The molecule has 16 heteroatoms. The Bertz CT molecular complexity index is 1870. The number of carbonyl (C=O) groups is 4. The molecule has 4 N–H and O–H groups in total. The summed E-state index contributed by atoms with van der Waals surface area (Å²) in [6.07, 6.45) is 5.07. The number of pyridine rings is 1. The number of carboxylic acid groups (broad SMARTS) is 1. The number of benzene rings is 1. The van der Waals surface area contributed by atoms with Gasteiger partial charge in [-0.3, -0.25) is 19.1 Å². The summed E-state index contributed by atoms with van der Waals surface area (Å²) < 4.78 is 52.4. The number of aromatic nitrogens is 1. The topological polar surface area (TPSA) is 193 Å². The smallest absolute Gasteiger partial charge is 0.405 e. The van der Waals surface area contributed by atoms with E-state index in [1.165, 1.54) is 11.1 Å². The van der Waals surface area contributed by atoms with Gasteiger partial charge in [-0.2, -0.15) is 0 Å². The first kappa shape index (κ1) is 37.3. The zero-order valence-electron chi connectivity index (χ0n) is 29.5. The summed E-state index contributed by atoms with van der Waals surface area (Å²) >= 11 is 0. The highest BCUT2D eigenvalue weighted by molar-refractivity contribution is 7.91. The van der Waals surface area contributed by atoms with Crippen molar-refractivity contribution < 1.29 is 46.6 Å². The van der Waals surface area contributed by atoms with Gasteiger partial charge in [0.1, 0.15) is 40.9 Å². The van der Waals surface area contributed by atoms with Crippen LogP contribution in [0.25, 0.3) is 10.8 Å². The standard InChI is InChI=1S/C36H46FN5O9S/c1-4-50-28-18-38-31(26-12-8-7-11-25(26)28)51-24-16-27-30(43)40-36(33(45)41-52(48,49)35(20-37)13-14-35)17-23(36)10-6-5-9-21(2)15-22(3)29(39-34(46)47)32(44)42(27)19-24/h6-8,10-12,18,21-24,27,29,39H,4-5,9,13-17,19-20H2,1-3H3,(H,40,43)(H,41,45)(H,46,47)/t21-,22-,23-,24-,27+,29+,36-/m1/s1. The van der Waals surface area contributed by atoms with E-state index in [9.17, 15) is 37.1 Å². The Morgan fingerprint density at radius 2 is 1.88 bits per heavy atom. The van der Waals surface area contributed by atoms with Gasteiger partial charge in [-0.05, 0) is 63.4 Å². The third-order valence-electron chi connectivity index (χ3n) is 10.8. The first-order chi connectivity index (χ1) is 24.7. The maximum atomic E-state index is 14.4. The van der Waals surface area contributed by atoms with Crippen LogP contribution in [0.5, 0.6) is 11.6 Å². The molecule has 1 saturated heterocycles. The van der Waals surface area contributed by atoms with Gasteiger partial charge in [0, 0.05) is 23.1 Å². The van der Waals surface area contributed by atoms with E-state index in [0.717, 1.165) is 5.39 Å². The predicted molar refractivity (Wildman–Crippen MR) is 188 cm³/mol. The molecule has 2 aliphatic heterocycles. The lowest BCUT2D eigenvalue weighted by Gasteiger charge is -2.32. The highest BCUT2D eigenvalue weighted by atomic mass is 32.2. The lowest BCUT2D eigenvalue weighted by Crippen LogP contribution is -2.59. The van der Waals surface area contributed by atoms with Crippen LogP contribution in [-0.4, -0.2) is 95.5 Å². The summed E-state index contributed by atoms with van der Waals surface area (Å²) in [6, 6.07) is 4.93. The third kappa shape index (κ3) is 7.26. The molecule has 282 valence electrons. The fourth-order valence-corrected chi connectivity index (χ4v) is 8.97. The van der Waals surface area contributed by atoms with E-state index in [-0.39, 0.29) is 44.0 Å². The number of fused-ring (bicyclic) bond motifs is 3. The first-order valence-corrected chi connectivity index (χ1v) is 19.3. The molecule has 2 aromatic rings. The normalized spacial score (nSPS) is 30.2. The number of allylic oxidation sites excluding steroid dienone is 1. The monoisotopic (exact) mass is 743 g/mol. The van der Waals surface area contributed by atoms with Crippen molar-refractivity contribution >= 4 is 44.6 Å². The molecule has 3 heterocycles. The molecular weight excluding hydrogens is 697 g/mol. The van der Waals surface area contributed by atoms with Gasteiger partial charge in [0.15, 0.2) is 0 Å². The van der Waals surface area contributed by atoms with Gasteiger partial charge in [0.2, 0.25) is 27.7 Å². The summed E-state index contributed by atoms with van der Waals surface area (Å²) in [6.45, 7) is 4.83. The van der Waals surface area contributed by atoms with E-state index >= 15 is 0 Å². The number of hydrogen-bond donors (Lipinski definition) is 4. The Morgan fingerprint density at radius 3 is 2.56 bits per heavy atom. The lowest BCUT2D eigenvalue weighted by atomic mass is 9.88. The van der Waals surface area contributed by atoms with Crippen LogP contribution in [0.15, 0.2) is 42.6 Å². The molecule has 14 nitrogen and oxygen atoms in total. The predicted octanol–water partition coefficient (Wildman–Crippen LogP) is 3.45. The number of amides is 4. The molecule has 2 aliphatic carbocycles. The molecule has 4 amide bonds. The first-order valence-electron chi connectivity index (χ1n) is 17.8. The molecule has 0 bridgehead atoms. The number of alkyl halides is 1. The van der Waals surface area contributed by atoms with Crippen molar-refractivity contribution in [3.05, 3.63) is 42.6 Å². The van der Waals surface area contributed by atoms with Crippen LogP contribution in [-0.2, 0) is 24.4 Å². The van der Waals surface area contributed by atoms with Gasteiger partial charge >= 0.3 is 6.09 Å². The minimum absolute atomic E-state index is 0.0349. The lowest BCUT2D eigenvalue weighted by molar-refractivity contribution is -0.142. The van der Waals surface area contributed by atoms with Gasteiger partial charge in [-0.25, -0.2) is 22.6 Å². The zero-order chi connectivity index (χ0) is 37.4. The molecule has 0 radical (unpaired) electrons. The molecule has 1 aromatic carbocycles. The van der Waals surface area contributed by atoms with E-state index in [1.54, 1.807) is 13.0 Å². The number of nitrogens with one attached hydrogen (secondary N) is 3. The molecule has 0 unspecified atom stereocenters. The Hall–Kier alpha value is -4.47. The van der Waals surface area contributed by atoms with Gasteiger partial charge < -0.3 is 30.1 Å². The van der Waals surface area contributed by atoms with Gasteiger partial charge in [-0.1, -0.05) is 44.2 Å². The SMILES string of the molecule is CCOc1cnc(O[C@@H]2C[C@H]3C(=O)N[C@]4(C(=O)NS(=O)(=O)C5(CF)CC5)C[C@H]4C=CCC[C@@H](C)C[C@@H](C)[C@H](NC(=O)O)C(=O)N3C2)c2ccccc12. The summed E-state index contributed by atoms with van der Waals surface area (Å²) in [7, 11) is -4.38. The third-order valence-corrected chi connectivity index (χ3v) is 13.0. The van der Waals surface area contributed by atoms with Crippen LogP contribution in [0.2, 0.25) is 0 Å². The molecule has 2 saturated carbocycles. The van der Waals surface area contributed by atoms with Gasteiger partial charge in [0.25, 0.3) is 5.91 Å². The van der Waals surface area contributed by atoms with E-state index in [1.807, 2.05) is 44.2 Å². The van der Waals surface area contributed by atoms with Crippen LogP contribution in [0.1, 0.15) is 65.7 Å². The molecule has 3 fully saturated rings. The largest absolute Gasteiger partial charge is 0.492 e. The van der Waals surface area contributed by atoms with Crippen molar-refractivity contribution in [2.75, 3.05) is 19.8 Å². The average molecular weight is 744 g/mol. The number of halogens is 1. The number of sulfonamides is 1. The number of nitrogens with zero attached hydrogens (tertiary/aromatic N) is 2. The van der Waals surface area contributed by atoms with Crippen molar-refractivity contribution in [3.8, 4) is 11.6 Å². The molecule has 7 atom stereocenters. The Balaban J connectivity index is 1.34. The summed E-state index contributed by atoms with van der Waals surface area (Å²) in [4.78, 5) is 60.2. The van der Waals surface area contributed by atoms with E-state index < -0.39 is 80.8 Å². The highest BCUT2D eigenvalue weighted by Gasteiger charge is 2.64. The quantitative estimate of drug-likeness (QED) is 0.277. The van der Waals surface area contributed by atoms with Gasteiger partial charge in [-0.15, -0.1) is 0 Å². The van der Waals surface area contributed by atoms with E-state index in [0.29, 0.717) is 37.0 Å². The van der Waals surface area contributed by atoms with E-state index in [2.05, 4.69) is 20.3 Å². The second-order valence-electron chi connectivity index (χ2n) is 14.7. The average Bonchev–Trinajstić information content (AvgIpc) is 4.01. The Morgan fingerprint density at radius 1 is 1.15 bits per heavy atom. The Kier molecular flexibility index (Phi) is 10.4. The van der Waals surface area contributed by atoms with E-state index in [4.69, 9.17) is 9.47 Å². The second-order valence-corrected chi connectivity index (χ2v) is 16.7. The minimum atomic E-state index is -4.38. The summed E-state index contributed by atoms with van der Waals surface area (Å²) in [5.41, 5.74) is -1.66. The molecule has 0 spiro atoms. The minimum Gasteiger partial charge on any atom is -0.492 e. The van der Waals surface area contributed by atoms with Crippen LogP contribution in [0.4, 0.5) is 9.18 Å². The van der Waals surface area contributed by atoms with Crippen LogP contribution in [0.3, 0.4) is 0 Å². The summed E-state index contributed by atoms with van der Waals surface area (Å²) in [5.74, 6) is -2.42. The fourth-order valence-electron chi connectivity index (χ4n) is 7.55. The number of ether oxygens (including phenoxy) is 2. The van der Waals surface area contributed by atoms with Crippen molar-refractivity contribution in [1.29, 1.82) is 0 Å². The second kappa shape index (κ2) is 14.5. The number of rotatable bonds is 9. The molecule has 6 rings (SSSR count). The molecule has 1 aromatic heterocycles. The van der Waals surface area contributed by atoms with Gasteiger partial charge in [0.05, 0.1) is 19.3 Å². The highest BCUT2D eigenvalue weighted by Crippen LogP contribution is 2.48. The maximum Gasteiger partial charge on any atom is 0.405 e. The van der Waals surface area contributed by atoms with Crippen LogP contribution < -0.4 is 24.8 Å². The maximum absolute atomic E-state index is 14.4. The van der Waals surface area contributed by atoms with Crippen LogP contribution >= 0.6 is 0 Å².